The molecule has 1 atom stereocenters. The van der Waals surface area contributed by atoms with Gasteiger partial charge in [-0.3, -0.25) is 4.79 Å². The van der Waals surface area contributed by atoms with E-state index < -0.39 is 0 Å². The second kappa shape index (κ2) is 8.16. The number of rotatable bonds is 8. The number of ether oxygens (including phenoxy) is 1. The Morgan fingerprint density at radius 1 is 1.62 bits per heavy atom. The monoisotopic (exact) mass is 326 g/mol. The average Bonchev–Trinajstić information content (AvgIpc) is 3.14. The van der Waals surface area contributed by atoms with Crippen LogP contribution in [0.4, 0.5) is 0 Å². The molecule has 0 aliphatic rings. The zero-order valence-corrected chi connectivity index (χ0v) is 13.6. The van der Waals surface area contributed by atoms with Crippen LogP contribution in [0.1, 0.15) is 17.8 Å². The largest absolute Gasteiger partial charge is 0.383 e. The molecular weight excluding hydrogens is 308 g/mol. The third kappa shape index (κ3) is 4.83. The minimum Gasteiger partial charge on any atom is -0.383 e. The van der Waals surface area contributed by atoms with Crippen molar-refractivity contribution in [3.63, 3.8) is 0 Å². The Kier molecular flexibility index (Phi) is 6.21. The minimum absolute atomic E-state index is 0.0119. The molecule has 0 aromatic carbocycles. The summed E-state index contributed by atoms with van der Waals surface area (Å²) >= 11 is 3.02. The molecule has 2 rings (SSSR count). The summed E-state index contributed by atoms with van der Waals surface area (Å²) in [4.78, 5) is 13.1. The van der Waals surface area contributed by atoms with Gasteiger partial charge in [-0.2, -0.15) is 0 Å². The lowest BCUT2D eigenvalue weighted by molar-refractivity contribution is -0.119. The Morgan fingerprint density at radius 3 is 3.19 bits per heavy atom. The average molecular weight is 326 g/mol. The molecule has 8 heteroatoms. The summed E-state index contributed by atoms with van der Waals surface area (Å²) in [7, 11) is 1.65. The number of thiophene rings is 1. The molecular formula is C13H18N4O2S2. The second-order valence-corrected chi connectivity index (χ2v) is 6.31. The molecule has 6 nitrogen and oxygen atoms in total. The third-order valence-electron chi connectivity index (χ3n) is 2.80. The van der Waals surface area contributed by atoms with E-state index in [-0.39, 0.29) is 11.9 Å². The molecule has 0 fully saturated rings. The van der Waals surface area contributed by atoms with Gasteiger partial charge >= 0.3 is 0 Å². The standard InChI is InChI=1S/C13H18N4O2S2/c1-10(11-4-3-7-20-11)15-12(18)8-21-13-16-14-9-17(13)5-6-19-2/h3-4,7,9-10H,5-6,8H2,1-2H3,(H,15,18). The van der Waals surface area contributed by atoms with Crippen LogP contribution in [-0.4, -0.2) is 40.1 Å². The van der Waals surface area contributed by atoms with E-state index in [1.165, 1.54) is 11.8 Å². The summed E-state index contributed by atoms with van der Waals surface area (Å²) in [6.07, 6.45) is 1.65. The van der Waals surface area contributed by atoms with Gasteiger partial charge in [0, 0.05) is 18.5 Å². The second-order valence-electron chi connectivity index (χ2n) is 4.39. The molecule has 21 heavy (non-hydrogen) atoms. The normalized spacial score (nSPS) is 12.3. The zero-order valence-electron chi connectivity index (χ0n) is 12.0. The van der Waals surface area contributed by atoms with Gasteiger partial charge in [-0.25, -0.2) is 0 Å². The number of carbonyl (C=O) groups is 1. The van der Waals surface area contributed by atoms with Crippen LogP contribution in [0.15, 0.2) is 29.0 Å². The van der Waals surface area contributed by atoms with Crippen LogP contribution >= 0.6 is 23.1 Å². The molecule has 0 saturated heterocycles. The summed E-state index contributed by atoms with van der Waals surface area (Å²) in [5.74, 6) is 0.309. The van der Waals surface area contributed by atoms with Crippen LogP contribution in [0.5, 0.6) is 0 Å². The van der Waals surface area contributed by atoms with Crippen molar-refractivity contribution in [2.75, 3.05) is 19.5 Å². The number of methoxy groups -OCH3 is 1. The molecule has 2 heterocycles. The van der Waals surface area contributed by atoms with Gasteiger partial charge in [0.2, 0.25) is 5.91 Å². The van der Waals surface area contributed by atoms with Crippen LogP contribution in [0.3, 0.4) is 0 Å². The van der Waals surface area contributed by atoms with E-state index in [4.69, 9.17) is 4.74 Å². The first kappa shape index (κ1) is 16.0. The number of nitrogens with one attached hydrogen (secondary N) is 1. The fraction of sp³-hybridized carbons (Fsp3) is 0.462. The molecule has 0 bridgehead atoms. The van der Waals surface area contributed by atoms with E-state index in [1.54, 1.807) is 24.8 Å². The minimum atomic E-state index is -0.0119. The van der Waals surface area contributed by atoms with E-state index >= 15 is 0 Å². The Hall–Kier alpha value is -1.38. The fourth-order valence-corrected chi connectivity index (χ4v) is 3.21. The van der Waals surface area contributed by atoms with Gasteiger partial charge in [0.1, 0.15) is 6.33 Å². The predicted molar refractivity (Wildman–Crippen MR) is 83.5 cm³/mol. The maximum Gasteiger partial charge on any atom is 0.230 e. The first-order chi connectivity index (χ1) is 10.2. The highest BCUT2D eigenvalue weighted by atomic mass is 32.2. The van der Waals surface area contributed by atoms with Gasteiger partial charge in [0.05, 0.1) is 18.4 Å². The lowest BCUT2D eigenvalue weighted by Gasteiger charge is -2.12. The molecule has 0 aliphatic carbocycles. The molecule has 114 valence electrons. The Balaban J connectivity index is 1.80. The number of hydrogen-bond donors (Lipinski definition) is 1. The zero-order chi connectivity index (χ0) is 15.1. The van der Waals surface area contributed by atoms with Crippen molar-refractivity contribution in [1.82, 2.24) is 20.1 Å². The smallest absolute Gasteiger partial charge is 0.230 e. The van der Waals surface area contributed by atoms with Crippen LogP contribution < -0.4 is 5.32 Å². The van der Waals surface area contributed by atoms with E-state index in [0.717, 1.165) is 10.0 Å². The van der Waals surface area contributed by atoms with Crippen molar-refractivity contribution in [3.8, 4) is 0 Å². The van der Waals surface area contributed by atoms with Gasteiger partial charge in [0.25, 0.3) is 0 Å². The van der Waals surface area contributed by atoms with Crippen LogP contribution in [0.2, 0.25) is 0 Å². The third-order valence-corrected chi connectivity index (χ3v) is 4.83. The predicted octanol–water partition coefficient (Wildman–Crippen LogP) is 1.96. The van der Waals surface area contributed by atoms with Crippen LogP contribution in [0.25, 0.3) is 0 Å². The van der Waals surface area contributed by atoms with Gasteiger partial charge in [-0.1, -0.05) is 17.8 Å². The summed E-state index contributed by atoms with van der Waals surface area (Å²) < 4.78 is 6.91. The highest BCUT2D eigenvalue weighted by Gasteiger charge is 2.12. The van der Waals surface area contributed by atoms with Crippen molar-refractivity contribution < 1.29 is 9.53 Å². The Morgan fingerprint density at radius 2 is 2.48 bits per heavy atom. The fourth-order valence-electron chi connectivity index (χ4n) is 1.72. The highest BCUT2D eigenvalue weighted by molar-refractivity contribution is 7.99. The van der Waals surface area contributed by atoms with Crippen molar-refractivity contribution in [3.05, 3.63) is 28.7 Å². The molecule has 1 N–H and O–H groups in total. The number of nitrogens with zero attached hydrogens (tertiary/aromatic N) is 3. The van der Waals surface area contributed by atoms with Gasteiger partial charge in [-0.05, 0) is 18.4 Å². The van der Waals surface area contributed by atoms with E-state index in [0.29, 0.717) is 18.9 Å². The Bertz CT molecular complexity index is 556. The maximum absolute atomic E-state index is 12.0. The molecule has 1 unspecified atom stereocenters. The first-order valence-electron chi connectivity index (χ1n) is 6.53. The van der Waals surface area contributed by atoms with E-state index in [2.05, 4.69) is 15.5 Å². The summed E-state index contributed by atoms with van der Waals surface area (Å²) in [6.45, 7) is 3.25. The topological polar surface area (TPSA) is 69.0 Å². The molecule has 1 amide bonds. The molecule has 2 aromatic heterocycles. The maximum atomic E-state index is 12.0. The van der Waals surface area contributed by atoms with Gasteiger partial charge in [0.15, 0.2) is 5.16 Å². The van der Waals surface area contributed by atoms with Crippen molar-refractivity contribution in [2.24, 2.45) is 0 Å². The lowest BCUT2D eigenvalue weighted by Crippen LogP contribution is -2.27. The molecule has 2 aromatic rings. The number of amides is 1. The summed E-state index contributed by atoms with van der Waals surface area (Å²) in [5.41, 5.74) is 0. The van der Waals surface area contributed by atoms with E-state index in [9.17, 15) is 4.79 Å². The SMILES string of the molecule is COCCn1cnnc1SCC(=O)NC(C)c1cccs1. The highest BCUT2D eigenvalue weighted by Crippen LogP contribution is 2.19. The summed E-state index contributed by atoms with van der Waals surface area (Å²) in [6, 6.07) is 4.03. The van der Waals surface area contributed by atoms with Gasteiger partial charge < -0.3 is 14.6 Å². The number of thioether (sulfide) groups is 1. The molecule has 0 radical (unpaired) electrons. The number of carbonyl (C=O) groups excluding carboxylic acids is 1. The number of hydrogen-bond acceptors (Lipinski definition) is 6. The molecule has 0 saturated carbocycles. The van der Waals surface area contributed by atoms with E-state index in [1.807, 2.05) is 29.0 Å². The first-order valence-corrected chi connectivity index (χ1v) is 8.39. The number of aromatic nitrogens is 3. The van der Waals surface area contributed by atoms with Crippen molar-refractivity contribution in [2.45, 2.75) is 24.7 Å². The molecule has 0 spiro atoms. The Labute approximate surface area is 131 Å². The quantitative estimate of drug-likeness (QED) is 0.751. The van der Waals surface area contributed by atoms with Crippen LogP contribution in [-0.2, 0) is 16.1 Å². The molecule has 0 aliphatic heterocycles. The van der Waals surface area contributed by atoms with Crippen LogP contribution in [0, 0.1) is 0 Å². The van der Waals surface area contributed by atoms with Gasteiger partial charge in [-0.15, -0.1) is 21.5 Å². The summed E-state index contributed by atoms with van der Waals surface area (Å²) in [5, 5.41) is 13.6. The van der Waals surface area contributed by atoms with Crippen molar-refractivity contribution >= 4 is 29.0 Å². The van der Waals surface area contributed by atoms with Crippen molar-refractivity contribution in [1.29, 1.82) is 0 Å². The lowest BCUT2D eigenvalue weighted by atomic mass is 10.3.